The lowest BCUT2D eigenvalue weighted by molar-refractivity contribution is 0.00704. The van der Waals surface area contributed by atoms with Crippen LogP contribution in [0.15, 0.2) is 96.0 Å². The van der Waals surface area contributed by atoms with Crippen molar-refractivity contribution in [1.82, 2.24) is 4.57 Å². The van der Waals surface area contributed by atoms with Gasteiger partial charge in [0.25, 0.3) is 0 Å². The second-order valence-corrected chi connectivity index (χ2v) is 12.5. The maximum Gasteiger partial charge on any atom is 0.339 e. The quantitative estimate of drug-likeness (QED) is 0.133. The molecule has 0 saturated heterocycles. The Kier molecular flexibility index (Phi) is 8.89. The number of aryl methyl sites for hydroxylation is 1. The molecule has 0 saturated carbocycles. The van der Waals surface area contributed by atoms with Gasteiger partial charge in [0.05, 0.1) is 12.1 Å². The minimum absolute atomic E-state index is 0.308. The number of carbonyl (C=O) groups is 1. The summed E-state index contributed by atoms with van der Waals surface area (Å²) in [5, 5.41) is 1.99. The van der Waals surface area contributed by atoms with Gasteiger partial charge in [-0.1, -0.05) is 79.2 Å². The molecule has 0 unspecified atom stereocenters. The molecule has 4 aromatic carbocycles. The zero-order chi connectivity index (χ0) is 30.7. The van der Waals surface area contributed by atoms with Gasteiger partial charge < -0.3 is 9.30 Å². The number of hydrogen-bond acceptors (Lipinski definition) is 3. The van der Waals surface area contributed by atoms with E-state index in [-0.39, 0.29) is 5.97 Å². The van der Waals surface area contributed by atoms with E-state index in [2.05, 4.69) is 67.8 Å². The van der Waals surface area contributed by atoms with E-state index in [1.807, 2.05) is 69.3 Å². The molecule has 1 heterocycles. The molecule has 0 aliphatic rings. The average molecular weight is 591 g/mol. The van der Waals surface area contributed by atoms with Crippen LogP contribution in [0.2, 0.25) is 5.02 Å². The van der Waals surface area contributed by atoms with Crippen LogP contribution in [0, 0.1) is 13.8 Å². The second-order valence-electron chi connectivity index (χ2n) is 12.0. The fraction of sp³-hybridized carbons (Fsp3) is 0.263. The maximum absolute atomic E-state index is 12.9. The van der Waals surface area contributed by atoms with E-state index in [1.165, 1.54) is 27.7 Å². The number of aromatic nitrogens is 1. The maximum atomic E-state index is 12.9. The van der Waals surface area contributed by atoms with Gasteiger partial charge in [0.15, 0.2) is 0 Å². The monoisotopic (exact) mass is 590 g/mol. The molecule has 5 rings (SSSR count). The molecule has 5 aromatic rings. The summed E-state index contributed by atoms with van der Waals surface area (Å²) < 4.78 is 8.04. The molecular weight excluding hydrogens is 552 g/mol. The number of halogens is 1. The number of hydrogen-bond donors (Lipinski definition) is 0. The van der Waals surface area contributed by atoms with Crippen molar-refractivity contribution >= 4 is 34.2 Å². The van der Waals surface area contributed by atoms with Crippen LogP contribution in [0.3, 0.4) is 0 Å². The summed E-state index contributed by atoms with van der Waals surface area (Å²) in [6.45, 7) is 13.6. The van der Waals surface area contributed by atoms with Crippen LogP contribution >= 0.6 is 11.6 Å². The van der Waals surface area contributed by atoms with Crippen LogP contribution in [0.25, 0.3) is 22.0 Å². The zero-order valence-corrected chi connectivity index (χ0v) is 26.6. The van der Waals surface area contributed by atoms with Crippen molar-refractivity contribution in [1.29, 1.82) is 0 Å². The van der Waals surface area contributed by atoms with Crippen LogP contribution in [0.5, 0.6) is 0 Å². The highest BCUT2D eigenvalue weighted by molar-refractivity contribution is 6.30. The minimum Gasteiger partial charge on any atom is -0.456 e. The molecule has 5 heteroatoms. The Morgan fingerprint density at radius 3 is 2.23 bits per heavy atom. The molecule has 0 aliphatic heterocycles. The Labute approximate surface area is 260 Å². The Morgan fingerprint density at radius 1 is 0.884 bits per heavy atom. The normalized spacial score (nSPS) is 12.1. The van der Waals surface area contributed by atoms with Crippen molar-refractivity contribution in [2.75, 3.05) is 0 Å². The van der Waals surface area contributed by atoms with Crippen molar-refractivity contribution in [2.24, 2.45) is 4.99 Å². The smallest absolute Gasteiger partial charge is 0.339 e. The first-order valence-electron chi connectivity index (χ1n) is 14.8. The lowest BCUT2D eigenvalue weighted by atomic mass is 9.98. The van der Waals surface area contributed by atoms with Gasteiger partial charge >= 0.3 is 5.97 Å². The van der Waals surface area contributed by atoms with Gasteiger partial charge in [-0.3, -0.25) is 4.99 Å². The number of nitrogens with zero attached hydrogens (tertiary/aromatic N) is 2. The van der Waals surface area contributed by atoms with Gasteiger partial charge in [-0.05, 0) is 105 Å². The van der Waals surface area contributed by atoms with E-state index in [9.17, 15) is 4.79 Å². The van der Waals surface area contributed by atoms with Crippen molar-refractivity contribution in [3.63, 3.8) is 0 Å². The highest BCUT2D eigenvalue weighted by atomic mass is 35.5. The largest absolute Gasteiger partial charge is 0.456 e. The summed E-state index contributed by atoms with van der Waals surface area (Å²) in [4.78, 5) is 17.8. The van der Waals surface area contributed by atoms with Gasteiger partial charge in [-0.25, -0.2) is 4.79 Å². The van der Waals surface area contributed by atoms with Crippen molar-refractivity contribution in [3.05, 3.63) is 130 Å². The topological polar surface area (TPSA) is 43.6 Å². The number of benzene rings is 4. The molecule has 0 atom stereocenters. The summed E-state index contributed by atoms with van der Waals surface area (Å²) in [5.41, 5.74) is 10.3. The number of fused-ring (bicyclic) bond motifs is 1. The first-order valence-corrected chi connectivity index (χ1v) is 15.2. The molecule has 0 fully saturated rings. The fourth-order valence-corrected chi connectivity index (χ4v) is 5.56. The number of rotatable bonds is 8. The SMILES string of the molecule is CCC(=NCc1ccc(Cl)cc1)c1ccc2c(c1)c(C)c(C)n2Cc1ccc(-c2ccccc2C(=O)OC(C)(C)C)cc1. The van der Waals surface area contributed by atoms with E-state index in [0.717, 1.165) is 46.0 Å². The molecule has 220 valence electrons. The molecule has 43 heavy (non-hydrogen) atoms. The van der Waals surface area contributed by atoms with E-state index in [1.54, 1.807) is 0 Å². The van der Waals surface area contributed by atoms with E-state index < -0.39 is 5.60 Å². The predicted octanol–water partition coefficient (Wildman–Crippen LogP) is 9.98. The number of ether oxygens (including phenoxy) is 1. The van der Waals surface area contributed by atoms with Gasteiger partial charge in [-0.2, -0.15) is 0 Å². The summed E-state index contributed by atoms with van der Waals surface area (Å²) in [6, 6.07) is 30.7. The molecule has 0 amide bonds. The van der Waals surface area contributed by atoms with Crippen LogP contribution in [0.4, 0.5) is 0 Å². The van der Waals surface area contributed by atoms with Crippen molar-refractivity contribution in [2.45, 2.75) is 66.7 Å². The highest BCUT2D eigenvalue weighted by Gasteiger charge is 2.21. The Morgan fingerprint density at radius 2 is 1.56 bits per heavy atom. The number of aliphatic imine (C=N–C) groups is 1. The van der Waals surface area contributed by atoms with Crippen molar-refractivity contribution < 1.29 is 9.53 Å². The average Bonchev–Trinajstić information content (AvgIpc) is 3.22. The molecule has 0 N–H and O–H groups in total. The van der Waals surface area contributed by atoms with E-state index in [4.69, 9.17) is 21.3 Å². The Hall–Kier alpha value is -4.15. The van der Waals surface area contributed by atoms with Crippen LogP contribution in [-0.4, -0.2) is 21.8 Å². The third kappa shape index (κ3) is 6.92. The van der Waals surface area contributed by atoms with E-state index >= 15 is 0 Å². The zero-order valence-electron chi connectivity index (χ0n) is 25.9. The summed E-state index contributed by atoms with van der Waals surface area (Å²) in [7, 11) is 0. The first kappa shape index (κ1) is 30.3. The highest BCUT2D eigenvalue weighted by Crippen LogP contribution is 2.30. The van der Waals surface area contributed by atoms with Gasteiger partial charge in [0.2, 0.25) is 0 Å². The molecule has 0 radical (unpaired) electrons. The second kappa shape index (κ2) is 12.6. The third-order valence-corrected chi connectivity index (χ3v) is 8.08. The molecule has 0 aliphatic carbocycles. The van der Waals surface area contributed by atoms with Gasteiger partial charge in [-0.15, -0.1) is 0 Å². The molecule has 4 nitrogen and oxygen atoms in total. The molecule has 1 aromatic heterocycles. The van der Waals surface area contributed by atoms with Gasteiger partial charge in [0.1, 0.15) is 5.60 Å². The Bertz CT molecular complexity index is 1790. The third-order valence-electron chi connectivity index (χ3n) is 7.82. The summed E-state index contributed by atoms with van der Waals surface area (Å²) in [6.07, 6.45) is 0.862. The lowest BCUT2D eigenvalue weighted by Gasteiger charge is -2.20. The Balaban J connectivity index is 1.39. The lowest BCUT2D eigenvalue weighted by Crippen LogP contribution is -2.24. The first-order chi connectivity index (χ1) is 20.5. The van der Waals surface area contributed by atoms with Crippen LogP contribution < -0.4 is 0 Å². The fourth-order valence-electron chi connectivity index (χ4n) is 5.43. The summed E-state index contributed by atoms with van der Waals surface area (Å²) in [5.74, 6) is -0.308. The van der Waals surface area contributed by atoms with E-state index in [0.29, 0.717) is 12.1 Å². The number of esters is 1. The standard InChI is InChI=1S/C38H39ClN2O2/c1-7-35(40-23-27-14-19-31(39)20-15-27)30-18-21-36-34(22-30)25(2)26(3)41(36)24-28-12-16-29(17-13-28)32-10-8-9-11-33(32)37(42)43-38(4,5)6/h8-22H,7,23-24H2,1-6H3. The van der Waals surface area contributed by atoms with Crippen molar-refractivity contribution in [3.8, 4) is 11.1 Å². The molecule has 0 bridgehead atoms. The molecular formula is C38H39ClN2O2. The number of carbonyl (C=O) groups excluding carboxylic acids is 1. The minimum atomic E-state index is -0.549. The predicted molar refractivity (Wildman–Crippen MR) is 180 cm³/mol. The molecule has 0 spiro atoms. The van der Waals surface area contributed by atoms with Gasteiger partial charge in [0, 0.05) is 33.9 Å². The van der Waals surface area contributed by atoms with Crippen LogP contribution in [-0.2, 0) is 17.8 Å². The summed E-state index contributed by atoms with van der Waals surface area (Å²) >= 11 is 6.05. The van der Waals surface area contributed by atoms with Crippen LogP contribution in [0.1, 0.15) is 72.4 Å².